The van der Waals surface area contributed by atoms with Crippen LogP contribution in [0.5, 0.6) is 0 Å². The van der Waals surface area contributed by atoms with Gasteiger partial charge in [-0.05, 0) is 74.0 Å². The monoisotopic (exact) mass is 291 g/mol. The number of hydrogen-bond donors (Lipinski definition) is 0. The molecule has 8 aliphatic carbocycles. The summed E-state index contributed by atoms with van der Waals surface area (Å²) in [7, 11) is 0. The Balaban J connectivity index is 0.00000113. The Morgan fingerprint density at radius 1 is 0.455 bits per heavy atom. The molecule has 0 aliphatic heterocycles. The predicted octanol–water partition coefficient (Wildman–Crippen LogP) is 2.30. The van der Waals surface area contributed by atoms with Crippen molar-refractivity contribution in [3.05, 3.63) is 5.32 Å². The summed E-state index contributed by atoms with van der Waals surface area (Å²) in [4.78, 5) is 0. The van der Waals surface area contributed by atoms with Crippen LogP contribution in [0.1, 0.15) is 77.0 Å². The van der Waals surface area contributed by atoms with E-state index in [1.165, 1.54) is 38.5 Å². The Morgan fingerprint density at radius 3 is 0.909 bits per heavy atom. The molecule has 0 spiro atoms. The molecule has 0 amide bonds. The molecule has 0 aromatic heterocycles. The van der Waals surface area contributed by atoms with Crippen LogP contribution in [0.2, 0.25) is 0 Å². The summed E-state index contributed by atoms with van der Waals surface area (Å²) < 4.78 is 0. The van der Waals surface area contributed by atoms with Crippen molar-refractivity contribution in [2.24, 2.45) is 35.5 Å². The van der Waals surface area contributed by atoms with E-state index in [4.69, 9.17) is 5.32 Å². The van der Waals surface area contributed by atoms with Crippen LogP contribution in [0.4, 0.5) is 0 Å². The zero-order valence-corrected chi connectivity index (χ0v) is 14.4. The standard InChI is InChI=1S/C20H30N.Li/c1-13-2-15-3-14(1)8-19(7-13,9-15)21-20-10-16-4-17(11-20)6-18(5-16)12-20;/h13-18H,1-12H2;/q-1;+1. The fraction of sp³-hybridized carbons (Fsp3) is 1.00. The molecule has 0 radical (unpaired) electrons. The van der Waals surface area contributed by atoms with E-state index >= 15 is 0 Å². The van der Waals surface area contributed by atoms with Crippen molar-refractivity contribution in [2.75, 3.05) is 0 Å². The summed E-state index contributed by atoms with van der Waals surface area (Å²) in [5.41, 5.74) is 0.945. The average molecular weight is 291 g/mol. The second-order valence-corrected chi connectivity index (χ2v) is 10.4. The molecule has 2 heteroatoms. The molecule has 22 heavy (non-hydrogen) atoms. The van der Waals surface area contributed by atoms with Gasteiger partial charge in [0.2, 0.25) is 0 Å². The van der Waals surface area contributed by atoms with E-state index in [1.54, 1.807) is 38.5 Å². The van der Waals surface area contributed by atoms with Gasteiger partial charge in [0.25, 0.3) is 0 Å². The Hall–Kier alpha value is 0.557. The van der Waals surface area contributed by atoms with E-state index in [2.05, 4.69) is 0 Å². The minimum atomic E-state index is 0. The van der Waals surface area contributed by atoms with Crippen LogP contribution in [0.15, 0.2) is 0 Å². The van der Waals surface area contributed by atoms with Crippen LogP contribution in [0.3, 0.4) is 0 Å². The van der Waals surface area contributed by atoms with Crippen LogP contribution in [-0.2, 0) is 0 Å². The van der Waals surface area contributed by atoms with Crippen molar-refractivity contribution in [3.63, 3.8) is 0 Å². The first kappa shape index (κ1) is 14.9. The largest absolute Gasteiger partial charge is 1.00 e. The zero-order valence-electron chi connectivity index (χ0n) is 14.4. The van der Waals surface area contributed by atoms with Crippen LogP contribution >= 0.6 is 0 Å². The molecule has 8 bridgehead atoms. The molecular formula is C20H30LiN. The zero-order chi connectivity index (χ0) is 13.7. The van der Waals surface area contributed by atoms with E-state index in [-0.39, 0.29) is 18.9 Å². The molecule has 8 aliphatic rings. The van der Waals surface area contributed by atoms with Crippen molar-refractivity contribution in [2.45, 2.75) is 88.1 Å². The van der Waals surface area contributed by atoms with Gasteiger partial charge in [0.15, 0.2) is 0 Å². The molecule has 0 atom stereocenters. The first-order valence-corrected chi connectivity index (χ1v) is 9.92. The number of rotatable bonds is 2. The molecule has 116 valence electrons. The second kappa shape index (κ2) is 4.80. The topological polar surface area (TPSA) is 14.1 Å². The van der Waals surface area contributed by atoms with Gasteiger partial charge in [0.05, 0.1) is 0 Å². The summed E-state index contributed by atoms with van der Waals surface area (Å²) in [6.07, 6.45) is 18.3. The first-order valence-electron chi connectivity index (χ1n) is 9.92. The van der Waals surface area contributed by atoms with Crippen molar-refractivity contribution in [1.82, 2.24) is 0 Å². The van der Waals surface area contributed by atoms with E-state index in [0.717, 1.165) is 35.5 Å². The molecule has 0 aromatic rings. The SMILES string of the molecule is C1C2CC3CC1CC([N-]C14CC5CC(CC(C5)C1)C4)(C2)C3.[Li+]. The predicted molar refractivity (Wildman–Crippen MR) is 85.2 cm³/mol. The van der Waals surface area contributed by atoms with Crippen molar-refractivity contribution >= 4 is 0 Å². The second-order valence-electron chi connectivity index (χ2n) is 10.4. The van der Waals surface area contributed by atoms with Gasteiger partial charge in [-0.15, -0.1) is 11.1 Å². The van der Waals surface area contributed by atoms with Gasteiger partial charge < -0.3 is 5.32 Å². The smallest absolute Gasteiger partial charge is 0.651 e. The average Bonchev–Trinajstić information content (AvgIpc) is 2.33. The molecule has 0 unspecified atom stereocenters. The van der Waals surface area contributed by atoms with Crippen LogP contribution < -0.4 is 18.9 Å². The van der Waals surface area contributed by atoms with Gasteiger partial charge >= 0.3 is 18.9 Å². The van der Waals surface area contributed by atoms with Crippen molar-refractivity contribution < 1.29 is 18.9 Å². The maximum atomic E-state index is 5.86. The molecule has 8 rings (SSSR count). The molecule has 8 fully saturated rings. The molecule has 0 N–H and O–H groups in total. The third kappa shape index (κ3) is 2.14. The third-order valence-corrected chi connectivity index (χ3v) is 8.49. The van der Waals surface area contributed by atoms with Gasteiger partial charge in [-0.2, -0.15) is 0 Å². The quantitative estimate of drug-likeness (QED) is 0.693. The Morgan fingerprint density at radius 2 is 0.682 bits per heavy atom. The van der Waals surface area contributed by atoms with Gasteiger partial charge in [0, 0.05) is 0 Å². The molecule has 0 aromatic carbocycles. The minimum absolute atomic E-state index is 0. The fourth-order valence-electron chi connectivity index (χ4n) is 8.91. The molecule has 0 saturated heterocycles. The van der Waals surface area contributed by atoms with Crippen LogP contribution in [0, 0.1) is 35.5 Å². The van der Waals surface area contributed by atoms with Crippen molar-refractivity contribution in [1.29, 1.82) is 0 Å². The van der Waals surface area contributed by atoms with Crippen LogP contribution in [0.25, 0.3) is 5.32 Å². The van der Waals surface area contributed by atoms with E-state index in [0.29, 0.717) is 11.1 Å². The Labute approximate surface area is 147 Å². The van der Waals surface area contributed by atoms with Crippen LogP contribution in [-0.4, -0.2) is 11.1 Å². The molecular weight excluding hydrogens is 261 g/mol. The molecule has 0 heterocycles. The first-order chi connectivity index (χ1) is 10.2. The van der Waals surface area contributed by atoms with E-state index in [1.807, 2.05) is 0 Å². The normalized spacial score (nSPS) is 60.5. The molecule has 1 nitrogen and oxygen atoms in total. The summed E-state index contributed by atoms with van der Waals surface area (Å²) in [6.45, 7) is 0. The van der Waals surface area contributed by atoms with E-state index in [9.17, 15) is 0 Å². The number of hydrogen-bond acceptors (Lipinski definition) is 0. The van der Waals surface area contributed by atoms with Gasteiger partial charge in [0.1, 0.15) is 0 Å². The summed E-state index contributed by atoms with van der Waals surface area (Å²) in [5.74, 6) is 6.38. The Kier molecular flexibility index (Phi) is 3.24. The summed E-state index contributed by atoms with van der Waals surface area (Å²) in [6, 6.07) is 0. The summed E-state index contributed by atoms with van der Waals surface area (Å²) in [5, 5.41) is 5.86. The van der Waals surface area contributed by atoms with Gasteiger partial charge in [-0.1, -0.05) is 38.5 Å². The number of nitrogens with zero attached hydrogens (tertiary/aromatic N) is 1. The molecule has 8 saturated carbocycles. The Bertz CT molecular complexity index is 358. The minimum Gasteiger partial charge on any atom is -0.651 e. The van der Waals surface area contributed by atoms with Gasteiger partial charge in [-0.25, -0.2) is 0 Å². The maximum absolute atomic E-state index is 5.86. The van der Waals surface area contributed by atoms with Crippen molar-refractivity contribution in [3.8, 4) is 0 Å². The van der Waals surface area contributed by atoms with Gasteiger partial charge in [-0.3, -0.25) is 0 Å². The fourth-order valence-corrected chi connectivity index (χ4v) is 8.91. The third-order valence-electron chi connectivity index (χ3n) is 8.49. The van der Waals surface area contributed by atoms with E-state index < -0.39 is 0 Å². The summed E-state index contributed by atoms with van der Waals surface area (Å²) >= 11 is 0. The maximum Gasteiger partial charge on any atom is 1.00 e.